The summed E-state index contributed by atoms with van der Waals surface area (Å²) >= 11 is 0. The Morgan fingerprint density at radius 3 is 2.07 bits per heavy atom. The van der Waals surface area contributed by atoms with E-state index in [0.717, 1.165) is 0 Å². The van der Waals surface area contributed by atoms with Gasteiger partial charge in [0.2, 0.25) is 17.7 Å². The third kappa shape index (κ3) is 8.13. The van der Waals surface area contributed by atoms with Crippen LogP contribution in [-0.4, -0.2) is 107 Å². The van der Waals surface area contributed by atoms with Crippen LogP contribution >= 0.6 is 0 Å². The molecule has 0 aromatic rings. The summed E-state index contributed by atoms with van der Waals surface area (Å²) in [5, 5.41) is 17.5. The van der Waals surface area contributed by atoms with Gasteiger partial charge in [-0.2, -0.15) is 26.3 Å². The second kappa shape index (κ2) is 12.4. The van der Waals surface area contributed by atoms with Gasteiger partial charge in [-0.1, -0.05) is 34.6 Å². The molecule has 1 unspecified atom stereocenters. The first-order valence-corrected chi connectivity index (χ1v) is 14.2. The van der Waals surface area contributed by atoms with Crippen molar-refractivity contribution in [1.82, 2.24) is 25.8 Å². The highest BCUT2D eigenvalue weighted by molar-refractivity contribution is 5.94. The molecule has 11 nitrogen and oxygen atoms in total. The van der Waals surface area contributed by atoms with Gasteiger partial charge < -0.3 is 30.9 Å². The predicted octanol–water partition coefficient (Wildman–Crippen LogP) is 1.10. The number of halogens is 6. The first-order valence-electron chi connectivity index (χ1n) is 14.2. The SMILES string of the molecule is CC1(C)CN(C(=O)C(O)[C@H](C[C@@H]2CCNC2=O)NC(=O)[C@@H]2C[C@@H](C(F)(F)F)CN2C(=O)[C@@H](NC(=O)C(F)(F)F)C(C)(C)C)C1. The van der Waals surface area contributed by atoms with E-state index in [9.17, 15) is 55.4 Å². The topological polar surface area (TPSA) is 148 Å². The Hall–Kier alpha value is -3.11. The number of aliphatic hydroxyl groups is 1. The maximum atomic E-state index is 13.8. The van der Waals surface area contributed by atoms with Crippen LogP contribution in [0.4, 0.5) is 26.3 Å². The number of rotatable bonds is 8. The Morgan fingerprint density at radius 1 is 1.02 bits per heavy atom. The highest BCUT2D eigenvalue weighted by Crippen LogP contribution is 2.38. The van der Waals surface area contributed by atoms with Crippen LogP contribution in [0.1, 0.15) is 53.9 Å². The number of hydrogen-bond acceptors (Lipinski definition) is 6. The van der Waals surface area contributed by atoms with Crippen LogP contribution in [0.25, 0.3) is 0 Å². The number of nitrogens with one attached hydrogen (secondary N) is 3. The molecule has 0 bridgehead atoms. The highest BCUT2D eigenvalue weighted by Gasteiger charge is 2.54. The van der Waals surface area contributed by atoms with Gasteiger partial charge in [0, 0.05) is 32.1 Å². The van der Waals surface area contributed by atoms with Crippen LogP contribution in [0.3, 0.4) is 0 Å². The van der Waals surface area contributed by atoms with Crippen molar-refractivity contribution in [2.45, 2.75) is 90.5 Å². The summed E-state index contributed by atoms with van der Waals surface area (Å²) in [5.41, 5.74) is -1.64. The summed E-state index contributed by atoms with van der Waals surface area (Å²) in [4.78, 5) is 65.9. The van der Waals surface area contributed by atoms with Crippen molar-refractivity contribution in [2.24, 2.45) is 22.7 Å². The summed E-state index contributed by atoms with van der Waals surface area (Å²) in [6.07, 6.45) is -13.0. The zero-order valence-corrected chi connectivity index (χ0v) is 25.1. The van der Waals surface area contributed by atoms with E-state index in [1.54, 1.807) is 5.32 Å². The smallest absolute Gasteiger partial charge is 0.381 e. The van der Waals surface area contributed by atoms with Gasteiger partial charge in [0.1, 0.15) is 12.1 Å². The Labute approximate surface area is 250 Å². The van der Waals surface area contributed by atoms with E-state index in [-0.39, 0.29) is 11.8 Å². The molecule has 0 aliphatic carbocycles. The Balaban J connectivity index is 1.90. The number of amides is 5. The van der Waals surface area contributed by atoms with Crippen molar-refractivity contribution >= 4 is 29.5 Å². The number of nitrogens with zero attached hydrogens (tertiary/aromatic N) is 2. The van der Waals surface area contributed by atoms with E-state index >= 15 is 0 Å². The van der Waals surface area contributed by atoms with E-state index in [1.165, 1.54) is 25.7 Å². The third-order valence-electron chi connectivity index (χ3n) is 8.21. The van der Waals surface area contributed by atoms with E-state index in [4.69, 9.17) is 0 Å². The van der Waals surface area contributed by atoms with Gasteiger partial charge in [0.15, 0.2) is 6.10 Å². The molecule has 0 aromatic carbocycles. The maximum Gasteiger partial charge on any atom is 0.471 e. The third-order valence-corrected chi connectivity index (χ3v) is 8.21. The monoisotopic (exact) mass is 643 g/mol. The number of hydrogen-bond donors (Lipinski definition) is 4. The standard InChI is InChI=1S/C27H39F6N5O6/c1-24(2,3)18(36-23(44)27(31,32)33)22(43)38-10-14(26(28,29)30)9-16(38)20(41)35-15(8-13-6-7-34-19(13)40)17(39)21(42)37-11-25(4,5)12-37/h13-18,39H,6-12H2,1-5H3,(H,34,40)(H,35,41)(H,36,44)/t13-,14+,15-,16-,17?,18+/m0/s1. The first kappa shape index (κ1) is 35.4. The maximum absolute atomic E-state index is 13.8. The molecule has 3 heterocycles. The molecule has 5 amide bonds. The molecule has 0 spiro atoms. The molecule has 44 heavy (non-hydrogen) atoms. The fourth-order valence-electron chi connectivity index (χ4n) is 5.82. The molecule has 6 atom stereocenters. The average Bonchev–Trinajstić information content (AvgIpc) is 3.49. The lowest BCUT2D eigenvalue weighted by atomic mass is 9.83. The summed E-state index contributed by atoms with van der Waals surface area (Å²) < 4.78 is 80.6. The van der Waals surface area contributed by atoms with Crippen molar-refractivity contribution in [3.8, 4) is 0 Å². The minimum atomic E-state index is -5.39. The van der Waals surface area contributed by atoms with Crippen LogP contribution in [0, 0.1) is 22.7 Å². The van der Waals surface area contributed by atoms with E-state index in [1.807, 2.05) is 13.8 Å². The van der Waals surface area contributed by atoms with E-state index < -0.39 is 96.3 Å². The second-order valence-electron chi connectivity index (χ2n) is 13.7. The highest BCUT2D eigenvalue weighted by atomic mass is 19.4. The van der Waals surface area contributed by atoms with Gasteiger partial charge in [-0.25, -0.2) is 0 Å². The van der Waals surface area contributed by atoms with Crippen LogP contribution in [0.5, 0.6) is 0 Å². The molecular weight excluding hydrogens is 604 g/mol. The summed E-state index contributed by atoms with van der Waals surface area (Å²) in [7, 11) is 0. The van der Waals surface area contributed by atoms with Crippen molar-refractivity contribution in [2.75, 3.05) is 26.2 Å². The lowest BCUT2D eigenvalue weighted by Crippen LogP contribution is -2.63. The van der Waals surface area contributed by atoms with Gasteiger partial charge in [-0.15, -0.1) is 0 Å². The van der Waals surface area contributed by atoms with E-state index in [2.05, 4.69) is 10.6 Å². The van der Waals surface area contributed by atoms with Gasteiger partial charge in [-0.05, 0) is 30.1 Å². The van der Waals surface area contributed by atoms with Crippen molar-refractivity contribution in [1.29, 1.82) is 0 Å². The molecule has 250 valence electrons. The fraction of sp³-hybridized carbons (Fsp3) is 0.815. The molecular formula is C27H39F6N5O6. The zero-order chi connectivity index (χ0) is 33.6. The molecule has 3 fully saturated rings. The molecule has 0 radical (unpaired) electrons. The van der Waals surface area contributed by atoms with Crippen LogP contribution in [0.2, 0.25) is 0 Å². The minimum Gasteiger partial charge on any atom is -0.381 e. The lowest BCUT2D eigenvalue weighted by Gasteiger charge is -2.47. The Morgan fingerprint density at radius 2 is 1.61 bits per heavy atom. The normalized spacial score (nSPS) is 25.9. The number of aliphatic hydroxyl groups excluding tert-OH is 1. The van der Waals surface area contributed by atoms with Gasteiger partial charge in [-0.3, -0.25) is 24.0 Å². The van der Waals surface area contributed by atoms with Crippen LogP contribution < -0.4 is 16.0 Å². The molecule has 3 rings (SSSR count). The number of likely N-dealkylation sites (tertiary alicyclic amines) is 2. The van der Waals surface area contributed by atoms with Crippen molar-refractivity contribution in [3.05, 3.63) is 0 Å². The average molecular weight is 644 g/mol. The Kier molecular flexibility index (Phi) is 9.93. The molecule has 0 saturated carbocycles. The minimum absolute atomic E-state index is 0.220. The van der Waals surface area contributed by atoms with Crippen molar-refractivity contribution in [3.63, 3.8) is 0 Å². The van der Waals surface area contributed by atoms with Gasteiger partial charge in [0.25, 0.3) is 5.91 Å². The van der Waals surface area contributed by atoms with E-state index in [0.29, 0.717) is 31.0 Å². The molecule has 0 aromatic heterocycles. The number of carbonyl (C=O) groups is 5. The quantitative estimate of drug-likeness (QED) is 0.292. The van der Waals surface area contributed by atoms with Crippen molar-refractivity contribution < 1.29 is 55.4 Å². The zero-order valence-electron chi connectivity index (χ0n) is 25.1. The summed E-state index contributed by atoms with van der Waals surface area (Å²) in [5.74, 6) is -9.14. The fourth-order valence-corrected chi connectivity index (χ4v) is 5.82. The molecule has 4 N–H and O–H groups in total. The largest absolute Gasteiger partial charge is 0.471 e. The Bertz CT molecular complexity index is 1150. The molecule has 3 saturated heterocycles. The first-order chi connectivity index (χ1) is 19.9. The number of carbonyl (C=O) groups excluding carboxylic acids is 5. The predicted molar refractivity (Wildman–Crippen MR) is 141 cm³/mol. The molecule has 3 aliphatic heterocycles. The summed E-state index contributed by atoms with van der Waals surface area (Å²) in [6.45, 7) is 7.46. The lowest BCUT2D eigenvalue weighted by molar-refractivity contribution is -0.177. The number of alkyl halides is 6. The second-order valence-corrected chi connectivity index (χ2v) is 13.7. The van der Waals surface area contributed by atoms with Crippen LogP contribution in [-0.2, 0) is 24.0 Å². The molecule has 3 aliphatic rings. The summed E-state index contributed by atoms with van der Waals surface area (Å²) in [6, 6.07) is -5.26. The van der Waals surface area contributed by atoms with Crippen LogP contribution in [0.15, 0.2) is 0 Å². The van der Waals surface area contributed by atoms with Gasteiger partial charge in [0.05, 0.1) is 12.0 Å². The molecule has 17 heteroatoms. The van der Waals surface area contributed by atoms with Gasteiger partial charge >= 0.3 is 18.3 Å².